The zero-order valence-electron chi connectivity index (χ0n) is 23.5. The first-order valence-corrected chi connectivity index (χ1v) is 13.8. The van der Waals surface area contributed by atoms with E-state index >= 15 is 0 Å². The number of nitrogens with zero attached hydrogens (tertiary/aromatic N) is 2. The molecule has 1 saturated carbocycles. The van der Waals surface area contributed by atoms with Crippen molar-refractivity contribution in [2.75, 3.05) is 34.2 Å². The fraction of sp³-hybridized carbons (Fsp3) is 0.552. The number of piperidine rings is 1. The van der Waals surface area contributed by atoms with Crippen LogP contribution in [0.3, 0.4) is 0 Å². The molecule has 1 saturated heterocycles. The maximum absolute atomic E-state index is 14.0. The predicted octanol–water partition coefficient (Wildman–Crippen LogP) is 2.00. The van der Waals surface area contributed by atoms with E-state index < -0.39 is 70.1 Å². The summed E-state index contributed by atoms with van der Waals surface area (Å²) in [6, 6.07) is 1.83. The van der Waals surface area contributed by atoms with Crippen LogP contribution in [0.2, 0.25) is 0 Å². The van der Waals surface area contributed by atoms with Gasteiger partial charge in [-0.3, -0.25) is 24.2 Å². The molecule has 1 aliphatic heterocycles. The number of phenolic OH excluding ortho intramolecular Hbond substituents is 1. The van der Waals surface area contributed by atoms with Gasteiger partial charge in [0.15, 0.2) is 11.4 Å². The fourth-order valence-corrected chi connectivity index (χ4v) is 7.22. The number of aliphatic hydroxyl groups excluding tert-OH is 2. The van der Waals surface area contributed by atoms with Crippen molar-refractivity contribution in [1.29, 1.82) is 0 Å². The standard InChI is InChI=1S/C29H34F3N3O7/c1-33-27(41)21-24(38)22(34(2)3)17-11-14-10-16-13(12-35-8-6-15(7-9-35)29(30,31)32)4-5-18(36)20(16)23(37)19(14)25(39)28(17,42)26(21)40/h4-5,14-15,17,22,36-37,40,42H,6-12H2,1-3H3,(H,33,41)/t14-,17-,22-,28-/m0/s1. The molecule has 0 spiro atoms. The highest BCUT2D eigenvalue weighted by molar-refractivity contribution is 6.24. The van der Waals surface area contributed by atoms with Crippen molar-refractivity contribution >= 4 is 23.2 Å². The van der Waals surface area contributed by atoms with Crippen molar-refractivity contribution in [2.24, 2.45) is 17.8 Å². The SMILES string of the molecule is CNC(=O)C1=C(O)[C@@]2(O)C(=O)C3=C(O)c4c(O)ccc(CN5CCC(C(F)(F)F)CC5)c4C[C@H]3C[C@H]2[C@H](N(C)C)C1=O. The molecule has 42 heavy (non-hydrogen) atoms. The Morgan fingerprint density at radius 3 is 2.36 bits per heavy atom. The largest absolute Gasteiger partial charge is 0.508 e. The van der Waals surface area contributed by atoms with E-state index in [2.05, 4.69) is 5.32 Å². The number of fused-ring (bicyclic) bond motifs is 3. The molecule has 4 atom stereocenters. The normalized spacial score (nSPS) is 29.0. The van der Waals surface area contributed by atoms with Crippen molar-refractivity contribution in [3.05, 3.63) is 45.7 Å². The minimum Gasteiger partial charge on any atom is -0.508 e. The van der Waals surface area contributed by atoms with Crippen LogP contribution >= 0.6 is 0 Å². The van der Waals surface area contributed by atoms with Gasteiger partial charge in [0, 0.05) is 25.1 Å². The Kier molecular flexibility index (Phi) is 7.43. The summed E-state index contributed by atoms with van der Waals surface area (Å²) in [6.45, 7) is 0.702. The number of phenols is 1. The Morgan fingerprint density at radius 2 is 1.79 bits per heavy atom. The number of likely N-dealkylation sites (N-methyl/N-ethyl adjacent to an activating group) is 2. The number of benzene rings is 1. The predicted molar refractivity (Wildman–Crippen MR) is 143 cm³/mol. The van der Waals surface area contributed by atoms with Crippen molar-refractivity contribution in [3.8, 4) is 5.75 Å². The topological polar surface area (TPSA) is 151 Å². The smallest absolute Gasteiger partial charge is 0.391 e. The van der Waals surface area contributed by atoms with Gasteiger partial charge >= 0.3 is 6.18 Å². The van der Waals surface area contributed by atoms with Gasteiger partial charge in [-0.1, -0.05) is 6.07 Å². The summed E-state index contributed by atoms with van der Waals surface area (Å²) in [6.07, 6.45) is -4.21. The molecule has 10 nitrogen and oxygen atoms in total. The van der Waals surface area contributed by atoms with E-state index in [9.17, 15) is 48.0 Å². The molecule has 228 valence electrons. The summed E-state index contributed by atoms with van der Waals surface area (Å²) in [5.74, 6) is -8.02. The molecule has 13 heteroatoms. The number of carbonyl (C=O) groups is 3. The van der Waals surface area contributed by atoms with Crippen LogP contribution < -0.4 is 5.32 Å². The van der Waals surface area contributed by atoms with Crippen LogP contribution in [0.5, 0.6) is 5.75 Å². The quantitative estimate of drug-likeness (QED) is 0.330. The number of aromatic hydroxyl groups is 1. The maximum Gasteiger partial charge on any atom is 0.391 e. The van der Waals surface area contributed by atoms with Gasteiger partial charge in [-0.15, -0.1) is 0 Å². The molecule has 1 amide bonds. The zero-order chi connectivity index (χ0) is 30.9. The summed E-state index contributed by atoms with van der Waals surface area (Å²) < 4.78 is 39.5. The Labute approximate surface area is 240 Å². The van der Waals surface area contributed by atoms with E-state index in [1.165, 1.54) is 18.0 Å². The van der Waals surface area contributed by atoms with E-state index in [1.807, 2.05) is 4.90 Å². The molecule has 0 unspecified atom stereocenters. The maximum atomic E-state index is 14.0. The van der Waals surface area contributed by atoms with Crippen LogP contribution in [0.15, 0.2) is 29.0 Å². The number of aliphatic hydroxyl groups is 3. The van der Waals surface area contributed by atoms with Crippen LogP contribution in [0.4, 0.5) is 13.2 Å². The number of nitrogens with one attached hydrogen (secondary N) is 1. The highest BCUT2D eigenvalue weighted by Gasteiger charge is 2.64. The minimum absolute atomic E-state index is 0.0210. The Hall–Kier alpha value is -3.42. The first kappa shape index (κ1) is 30.1. The molecule has 5 N–H and O–H groups in total. The molecular formula is C29H34F3N3O7. The lowest BCUT2D eigenvalue weighted by Crippen LogP contribution is -2.65. The third-order valence-electron chi connectivity index (χ3n) is 9.35. The van der Waals surface area contributed by atoms with Crippen LogP contribution in [0, 0.1) is 17.8 Å². The number of carbonyl (C=O) groups excluding carboxylic acids is 3. The summed E-state index contributed by atoms with van der Waals surface area (Å²) in [5, 5.41) is 47.2. The summed E-state index contributed by atoms with van der Waals surface area (Å²) in [4.78, 5) is 43.3. The molecule has 1 aromatic rings. The van der Waals surface area contributed by atoms with Gasteiger partial charge in [0.1, 0.15) is 22.8 Å². The van der Waals surface area contributed by atoms with Gasteiger partial charge in [0.25, 0.3) is 5.91 Å². The summed E-state index contributed by atoms with van der Waals surface area (Å²) >= 11 is 0. The van der Waals surface area contributed by atoms with E-state index in [1.54, 1.807) is 20.2 Å². The molecule has 5 rings (SSSR count). The second-order valence-electron chi connectivity index (χ2n) is 11.9. The van der Waals surface area contributed by atoms with Gasteiger partial charge < -0.3 is 25.7 Å². The Morgan fingerprint density at radius 1 is 1.14 bits per heavy atom. The zero-order valence-corrected chi connectivity index (χ0v) is 23.5. The Bertz CT molecular complexity index is 1410. The molecule has 0 aromatic heterocycles. The van der Waals surface area contributed by atoms with E-state index in [0.29, 0.717) is 11.1 Å². The molecule has 0 bridgehead atoms. The molecule has 1 heterocycles. The van der Waals surface area contributed by atoms with Gasteiger partial charge in [-0.25, -0.2) is 0 Å². The molecule has 0 radical (unpaired) electrons. The molecule has 1 aromatic carbocycles. The molecular weight excluding hydrogens is 559 g/mol. The first-order chi connectivity index (χ1) is 19.6. The number of ketones is 2. The number of hydrogen-bond acceptors (Lipinski definition) is 9. The second-order valence-corrected chi connectivity index (χ2v) is 11.9. The lowest BCUT2D eigenvalue weighted by molar-refractivity contribution is -0.185. The number of alkyl halides is 3. The van der Waals surface area contributed by atoms with Gasteiger partial charge in [0.2, 0.25) is 5.78 Å². The second kappa shape index (κ2) is 10.4. The van der Waals surface area contributed by atoms with Crippen LogP contribution in [0.1, 0.15) is 36.0 Å². The monoisotopic (exact) mass is 593 g/mol. The average Bonchev–Trinajstić information content (AvgIpc) is 2.91. The van der Waals surface area contributed by atoms with E-state index in [0.717, 1.165) is 0 Å². The lowest BCUT2D eigenvalue weighted by Gasteiger charge is -2.50. The minimum atomic E-state index is -4.25. The third kappa shape index (κ3) is 4.49. The average molecular weight is 594 g/mol. The number of amides is 1. The van der Waals surface area contributed by atoms with Gasteiger partial charge in [-0.2, -0.15) is 13.2 Å². The highest BCUT2D eigenvalue weighted by atomic mass is 19.4. The van der Waals surface area contributed by atoms with Crippen LogP contribution in [-0.2, 0) is 27.3 Å². The lowest BCUT2D eigenvalue weighted by atomic mass is 9.57. The van der Waals surface area contributed by atoms with Crippen LogP contribution in [0.25, 0.3) is 5.76 Å². The van der Waals surface area contributed by atoms with E-state index in [4.69, 9.17) is 0 Å². The van der Waals surface area contributed by atoms with Crippen LogP contribution in [-0.4, -0.2) is 99.8 Å². The number of hydrogen-bond donors (Lipinski definition) is 5. The molecule has 4 aliphatic rings. The van der Waals surface area contributed by atoms with Crippen molar-refractivity contribution in [3.63, 3.8) is 0 Å². The third-order valence-corrected chi connectivity index (χ3v) is 9.35. The van der Waals surface area contributed by atoms with Crippen molar-refractivity contribution < 1.29 is 48.0 Å². The highest BCUT2D eigenvalue weighted by Crippen LogP contribution is 2.53. The van der Waals surface area contributed by atoms with Crippen molar-refractivity contribution in [1.82, 2.24) is 15.1 Å². The van der Waals surface area contributed by atoms with E-state index in [-0.39, 0.29) is 62.2 Å². The number of likely N-dealkylation sites (tertiary alicyclic amines) is 1. The Balaban J connectivity index is 1.56. The number of halogens is 3. The van der Waals surface area contributed by atoms with Gasteiger partial charge in [-0.05, 0) is 76.0 Å². The molecule has 3 aliphatic carbocycles. The number of rotatable bonds is 4. The van der Waals surface area contributed by atoms with Gasteiger partial charge in [0.05, 0.1) is 17.5 Å². The van der Waals surface area contributed by atoms with Crippen molar-refractivity contribution in [2.45, 2.75) is 50.0 Å². The summed E-state index contributed by atoms with van der Waals surface area (Å²) in [7, 11) is 4.34. The number of Topliss-reactive ketones (excluding diaryl/α,β-unsaturated/α-hetero) is 2. The summed E-state index contributed by atoms with van der Waals surface area (Å²) in [5.41, 5.74) is -2.48. The first-order valence-electron chi connectivity index (χ1n) is 13.8. The fourth-order valence-electron chi connectivity index (χ4n) is 7.22. The molecule has 2 fully saturated rings.